The van der Waals surface area contributed by atoms with E-state index in [0.29, 0.717) is 18.0 Å². The van der Waals surface area contributed by atoms with E-state index in [1.165, 1.54) is 12.1 Å². The van der Waals surface area contributed by atoms with Crippen LogP contribution < -0.4 is 10.1 Å². The van der Waals surface area contributed by atoms with Gasteiger partial charge in [-0.1, -0.05) is 6.07 Å². The van der Waals surface area contributed by atoms with Gasteiger partial charge in [0, 0.05) is 11.3 Å². The zero-order chi connectivity index (χ0) is 16.2. The summed E-state index contributed by atoms with van der Waals surface area (Å²) in [4.78, 5) is 12.0. The van der Waals surface area contributed by atoms with E-state index in [-0.39, 0.29) is 5.56 Å². The van der Waals surface area contributed by atoms with Gasteiger partial charge in [-0.3, -0.25) is 4.79 Å². The number of anilines is 1. The van der Waals surface area contributed by atoms with E-state index < -0.39 is 17.6 Å². The Labute approximate surface area is 125 Å². The molecule has 0 saturated carbocycles. The maximum Gasteiger partial charge on any atom is 0.416 e. The number of carbonyl (C=O) groups excluding carboxylic acids is 1. The molecule has 2 rings (SSSR count). The van der Waals surface area contributed by atoms with Crippen molar-refractivity contribution in [2.75, 3.05) is 11.9 Å². The Morgan fingerprint density at radius 3 is 2.41 bits per heavy atom. The second-order valence-corrected chi connectivity index (χ2v) is 4.49. The maximum absolute atomic E-state index is 12.6. The topological polar surface area (TPSA) is 38.3 Å². The molecule has 6 heteroatoms. The molecule has 0 aliphatic heterocycles. The maximum atomic E-state index is 12.6. The number of hydrogen-bond donors (Lipinski definition) is 1. The number of rotatable bonds is 4. The number of halogens is 3. The van der Waals surface area contributed by atoms with Crippen molar-refractivity contribution in [1.82, 2.24) is 0 Å². The quantitative estimate of drug-likeness (QED) is 0.911. The van der Waals surface area contributed by atoms with Gasteiger partial charge in [0.25, 0.3) is 5.91 Å². The Morgan fingerprint density at radius 1 is 1.14 bits per heavy atom. The van der Waals surface area contributed by atoms with Crippen molar-refractivity contribution in [1.29, 1.82) is 0 Å². The minimum Gasteiger partial charge on any atom is -0.494 e. The monoisotopic (exact) mass is 309 g/mol. The summed E-state index contributed by atoms with van der Waals surface area (Å²) in [5.41, 5.74) is -0.429. The lowest BCUT2D eigenvalue weighted by molar-refractivity contribution is -0.137. The third-order valence-electron chi connectivity index (χ3n) is 2.88. The zero-order valence-corrected chi connectivity index (χ0v) is 11.8. The highest BCUT2D eigenvalue weighted by atomic mass is 19.4. The lowest BCUT2D eigenvalue weighted by Crippen LogP contribution is -2.13. The van der Waals surface area contributed by atoms with E-state index in [1.807, 2.05) is 6.92 Å². The molecule has 2 aromatic carbocycles. The number of nitrogens with one attached hydrogen (secondary N) is 1. The predicted octanol–water partition coefficient (Wildman–Crippen LogP) is 4.36. The van der Waals surface area contributed by atoms with Crippen LogP contribution in [0.1, 0.15) is 22.8 Å². The molecule has 0 aromatic heterocycles. The Hall–Kier alpha value is -2.50. The zero-order valence-electron chi connectivity index (χ0n) is 11.8. The van der Waals surface area contributed by atoms with Crippen LogP contribution >= 0.6 is 0 Å². The SMILES string of the molecule is CCOc1ccc(NC(=O)c2cccc(C(F)(F)F)c2)cc1. The number of ether oxygens (including phenoxy) is 1. The van der Waals surface area contributed by atoms with Crippen molar-refractivity contribution in [2.45, 2.75) is 13.1 Å². The van der Waals surface area contributed by atoms with Crippen LogP contribution in [0.4, 0.5) is 18.9 Å². The first kappa shape index (κ1) is 15.9. The molecular formula is C16H14F3NO2. The summed E-state index contributed by atoms with van der Waals surface area (Å²) in [6.45, 7) is 2.37. The molecule has 2 aromatic rings. The van der Waals surface area contributed by atoms with Gasteiger partial charge < -0.3 is 10.1 Å². The van der Waals surface area contributed by atoms with E-state index >= 15 is 0 Å². The summed E-state index contributed by atoms with van der Waals surface area (Å²) in [5.74, 6) is 0.0508. The molecule has 0 saturated heterocycles. The van der Waals surface area contributed by atoms with Crippen LogP contribution in [-0.2, 0) is 6.18 Å². The molecule has 0 aliphatic rings. The van der Waals surface area contributed by atoms with Crippen LogP contribution in [0.2, 0.25) is 0 Å². The minimum absolute atomic E-state index is 0.0521. The first-order chi connectivity index (χ1) is 10.4. The number of carbonyl (C=O) groups is 1. The van der Waals surface area contributed by atoms with Crippen molar-refractivity contribution < 1.29 is 22.7 Å². The van der Waals surface area contributed by atoms with Crippen molar-refractivity contribution in [2.24, 2.45) is 0 Å². The average molecular weight is 309 g/mol. The van der Waals surface area contributed by atoms with Crippen molar-refractivity contribution >= 4 is 11.6 Å². The fraction of sp³-hybridized carbons (Fsp3) is 0.188. The van der Waals surface area contributed by atoms with Gasteiger partial charge >= 0.3 is 6.18 Å². The standard InChI is InChI=1S/C16H14F3NO2/c1-2-22-14-8-6-13(7-9-14)20-15(21)11-4-3-5-12(10-11)16(17,18)19/h3-10H,2H2,1H3,(H,20,21). The van der Waals surface area contributed by atoms with Crippen molar-refractivity contribution in [3.63, 3.8) is 0 Å². The van der Waals surface area contributed by atoms with Crippen molar-refractivity contribution in [3.8, 4) is 5.75 Å². The lowest BCUT2D eigenvalue weighted by Gasteiger charge is -2.10. The molecule has 0 heterocycles. The Kier molecular flexibility index (Phi) is 4.70. The van der Waals surface area contributed by atoms with Crippen LogP contribution in [0.25, 0.3) is 0 Å². The highest BCUT2D eigenvalue weighted by molar-refractivity contribution is 6.04. The van der Waals surface area contributed by atoms with Crippen LogP contribution in [-0.4, -0.2) is 12.5 Å². The van der Waals surface area contributed by atoms with Gasteiger partial charge in [-0.25, -0.2) is 0 Å². The fourth-order valence-electron chi connectivity index (χ4n) is 1.84. The lowest BCUT2D eigenvalue weighted by atomic mass is 10.1. The molecule has 0 radical (unpaired) electrons. The summed E-state index contributed by atoms with van der Waals surface area (Å²) in [7, 11) is 0. The predicted molar refractivity (Wildman–Crippen MR) is 77.0 cm³/mol. The molecule has 0 atom stereocenters. The first-order valence-electron chi connectivity index (χ1n) is 6.61. The number of hydrogen-bond acceptors (Lipinski definition) is 2. The van der Waals surface area contributed by atoms with Crippen LogP contribution in [0.15, 0.2) is 48.5 Å². The normalized spacial score (nSPS) is 11.1. The highest BCUT2D eigenvalue weighted by Gasteiger charge is 2.30. The Morgan fingerprint density at radius 2 is 1.82 bits per heavy atom. The molecule has 0 bridgehead atoms. The fourth-order valence-corrected chi connectivity index (χ4v) is 1.84. The van der Waals surface area contributed by atoms with Crippen LogP contribution in [0, 0.1) is 0 Å². The summed E-state index contributed by atoms with van der Waals surface area (Å²) in [6.07, 6.45) is -4.48. The second kappa shape index (κ2) is 6.51. The van der Waals surface area contributed by atoms with Gasteiger partial charge in [0.1, 0.15) is 5.75 Å². The first-order valence-corrected chi connectivity index (χ1v) is 6.61. The smallest absolute Gasteiger partial charge is 0.416 e. The number of benzene rings is 2. The summed E-state index contributed by atoms with van der Waals surface area (Å²) in [6, 6.07) is 10.9. The average Bonchev–Trinajstić information content (AvgIpc) is 2.49. The molecule has 0 spiro atoms. The molecule has 0 fully saturated rings. The molecule has 0 aliphatic carbocycles. The second-order valence-electron chi connectivity index (χ2n) is 4.49. The van der Waals surface area contributed by atoms with Gasteiger partial charge in [0.15, 0.2) is 0 Å². The van der Waals surface area contributed by atoms with Gasteiger partial charge in [-0.15, -0.1) is 0 Å². The third kappa shape index (κ3) is 4.00. The van der Waals surface area contributed by atoms with E-state index in [9.17, 15) is 18.0 Å². The molecule has 116 valence electrons. The highest BCUT2D eigenvalue weighted by Crippen LogP contribution is 2.29. The summed E-state index contributed by atoms with van der Waals surface area (Å²) < 4.78 is 43.2. The van der Waals surface area contributed by atoms with E-state index in [1.54, 1.807) is 24.3 Å². The van der Waals surface area contributed by atoms with Gasteiger partial charge in [-0.05, 0) is 49.4 Å². The van der Waals surface area contributed by atoms with E-state index in [2.05, 4.69) is 5.32 Å². The van der Waals surface area contributed by atoms with Crippen molar-refractivity contribution in [3.05, 3.63) is 59.7 Å². The Bertz CT molecular complexity index is 651. The minimum atomic E-state index is -4.48. The summed E-state index contributed by atoms with van der Waals surface area (Å²) in [5, 5.41) is 2.54. The molecule has 0 unspecified atom stereocenters. The molecule has 1 N–H and O–H groups in total. The molecule has 1 amide bonds. The molecule has 3 nitrogen and oxygen atoms in total. The molecular weight excluding hydrogens is 295 g/mol. The van der Waals surface area contributed by atoms with Gasteiger partial charge in [0.2, 0.25) is 0 Å². The largest absolute Gasteiger partial charge is 0.494 e. The Balaban J connectivity index is 2.12. The van der Waals surface area contributed by atoms with Gasteiger partial charge in [-0.2, -0.15) is 13.2 Å². The van der Waals surface area contributed by atoms with E-state index in [4.69, 9.17) is 4.74 Å². The molecule has 22 heavy (non-hydrogen) atoms. The summed E-state index contributed by atoms with van der Waals surface area (Å²) >= 11 is 0. The van der Waals surface area contributed by atoms with E-state index in [0.717, 1.165) is 12.1 Å². The third-order valence-corrected chi connectivity index (χ3v) is 2.88. The van der Waals surface area contributed by atoms with Crippen LogP contribution in [0.3, 0.4) is 0 Å². The van der Waals surface area contributed by atoms with Gasteiger partial charge in [0.05, 0.1) is 12.2 Å². The number of alkyl halides is 3. The number of amides is 1. The van der Waals surface area contributed by atoms with Crippen LogP contribution in [0.5, 0.6) is 5.75 Å².